The molecule has 2 aromatic carbocycles. The molecule has 2 unspecified atom stereocenters. The van der Waals surface area contributed by atoms with Crippen LogP contribution in [0.4, 0.5) is 58.9 Å². The smallest absolute Gasteiger partial charge is 0.381 e. The number of benzene rings is 2. The van der Waals surface area contributed by atoms with Gasteiger partial charge in [-0.3, -0.25) is 19.3 Å². The number of nitrogens with one attached hydrogen (secondary N) is 1. The number of hydrogen-bond acceptors (Lipinski definition) is 12. The molecule has 2 amide bonds. The fourth-order valence-electron chi connectivity index (χ4n) is 12.5. The number of aromatic nitrogens is 2. The Morgan fingerprint density at radius 3 is 1.96 bits per heavy atom. The molecule has 4 aromatic rings. The maximum absolute atomic E-state index is 15.0. The summed E-state index contributed by atoms with van der Waals surface area (Å²) in [6.07, 6.45) is 7.60. The number of amides is 2. The number of nitrogens with zero attached hydrogens (tertiary/aromatic N) is 8. The van der Waals surface area contributed by atoms with Crippen LogP contribution in [0, 0.1) is 11.8 Å². The van der Waals surface area contributed by atoms with E-state index < -0.39 is 11.7 Å². The predicted molar refractivity (Wildman–Crippen MR) is 261 cm³/mol. The van der Waals surface area contributed by atoms with Crippen molar-refractivity contribution in [1.82, 2.24) is 14.9 Å². The summed E-state index contributed by atoms with van der Waals surface area (Å²) in [5.41, 5.74) is 5.08. The largest absolute Gasteiger partial charge is 0.406 e. The van der Waals surface area contributed by atoms with Gasteiger partial charge in [-0.2, -0.15) is 13.2 Å². The van der Waals surface area contributed by atoms with Crippen molar-refractivity contribution in [2.24, 2.45) is 11.8 Å². The van der Waals surface area contributed by atoms with Gasteiger partial charge in [0.15, 0.2) is 5.82 Å². The average molecular weight is 962 g/mol. The fourth-order valence-corrected chi connectivity index (χ4v) is 12.5. The molecule has 1 N–H and O–H groups in total. The van der Waals surface area contributed by atoms with E-state index in [4.69, 9.17) is 19.3 Å². The van der Waals surface area contributed by atoms with Crippen molar-refractivity contribution < 1.29 is 37.1 Å². The SMILES string of the molecule is COC1CCC(C(=O)N2Cc3cccnc3N(OC3CCC(C(=O)N4Cc5cccnc5Nc5ccc(N6CC7CCC(C6)O7)cc54)CC3)c3ccc(N4CCN(C5(C(F)(F)F)CC5)CC4)cc32)CC1. The van der Waals surface area contributed by atoms with Crippen LogP contribution in [-0.2, 0) is 37.0 Å². The van der Waals surface area contributed by atoms with Crippen LogP contribution in [0.2, 0.25) is 0 Å². The molecule has 5 aliphatic heterocycles. The molecule has 6 fully saturated rings. The van der Waals surface area contributed by atoms with Crippen LogP contribution in [0.1, 0.15) is 88.2 Å². The van der Waals surface area contributed by atoms with E-state index in [1.54, 1.807) is 29.5 Å². The molecule has 12 rings (SSSR count). The Labute approximate surface area is 407 Å². The van der Waals surface area contributed by atoms with Gasteiger partial charge in [-0.15, -0.1) is 0 Å². The lowest BCUT2D eigenvalue weighted by molar-refractivity contribution is -0.197. The number of fused-ring (bicyclic) bond motifs is 6. The van der Waals surface area contributed by atoms with E-state index >= 15 is 0 Å². The molecular formula is C53H62F3N9O5. The van der Waals surface area contributed by atoms with Gasteiger partial charge in [-0.05, 0) is 126 Å². The van der Waals surface area contributed by atoms with Gasteiger partial charge in [0.1, 0.15) is 11.4 Å². The molecule has 7 heterocycles. The summed E-state index contributed by atoms with van der Waals surface area (Å²) >= 11 is 0. The maximum atomic E-state index is 15.0. The third kappa shape index (κ3) is 8.43. The Kier molecular flexibility index (Phi) is 11.9. The lowest BCUT2D eigenvalue weighted by atomic mass is 9.86. The Balaban J connectivity index is 0.806. The molecule has 0 spiro atoms. The summed E-state index contributed by atoms with van der Waals surface area (Å²) in [7, 11) is 1.73. The molecule has 370 valence electrons. The highest BCUT2D eigenvalue weighted by Crippen LogP contribution is 2.54. The number of methoxy groups -OCH3 is 1. The molecule has 3 saturated carbocycles. The number of carbonyl (C=O) groups is 2. The van der Waals surface area contributed by atoms with Crippen molar-refractivity contribution in [3.05, 3.63) is 84.2 Å². The second-order valence-electron chi connectivity index (χ2n) is 20.8. The van der Waals surface area contributed by atoms with Gasteiger partial charge in [-0.25, -0.2) is 15.0 Å². The molecule has 3 aliphatic carbocycles. The minimum atomic E-state index is -4.25. The van der Waals surface area contributed by atoms with Crippen LogP contribution in [0.3, 0.4) is 0 Å². The zero-order chi connectivity index (χ0) is 47.7. The first kappa shape index (κ1) is 45.6. The second kappa shape index (κ2) is 18.3. The minimum absolute atomic E-state index is 0.0298. The zero-order valence-corrected chi connectivity index (χ0v) is 39.8. The van der Waals surface area contributed by atoms with Crippen LogP contribution in [0.5, 0.6) is 0 Å². The third-order valence-electron chi connectivity index (χ3n) is 16.7. The number of piperazine rings is 1. The number of alkyl halides is 3. The quantitative estimate of drug-likeness (QED) is 0.182. The Morgan fingerprint density at radius 1 is 0.686 bits per heavy atom. The summed E-state index contributed by atoms with van der Waals surface area (Å²) in [4.78, 5) is 56.4. The van der Waals surface area contributed by atoms with Crippen molar-refractivity contribution in [2.75, 3.05) is 76.4 Å². The predicted octanol–water partition coefficient (Wildman–Crippen LogP) is 9.03. The van der Waals surface area contributed by atoms with Gasteiger partial charge in [-0.1, -0.05) is 12.1 Å². The summed E-state index contributed by atoms with van der Waals surface area (Å²) in [6, 6.07) is 20.2. The fraction of sp³-hybridized carbons (Fsp3) is 0.547. The standard InChI is InChI=1S/C53H62F3N9O5/c1-68-40-12-6-34(7-13-40)51(67)64-31-37-5-3-23-58-49(37)65(45-19-11-38(29-47(45)64)60-24-26-62(27-25-60)52(20-21-52)53(54,55)56)70-41-14-8-35(9-15-41)50(66)63-30-36-4-2-22-57-48(36)59-44-18-10-39(28-46(44)63)61-32-42-16-17-43(33-61)69-42/h2-5,10-11,18-19,22-23,28-29,34-35,40-43H,6-9,12-17,20-21,24-27,30-33H2,1H3,(H,57,59). The van der Waals surface area contributed by atoms with Gasteiger partial charge in [0.05, 0.1) is 60.3 Å². The molecular weight excluding hydrogens is 900 g/mol. The monoisotopic (exact) mass is 961 g/mol. The molecule has 70 heavy (non-hydrogen) atoms. The number of carbonyl (C=O) groups excluding carboxylic acids is 2. The lowest BCUT2D eigenvalue weighted by Gasteiger charge is -2.41. The number of rotatable bonds is 8. The zero-order valence-electron chi connectivity index (χ0n) is 39.8. The number of ether oxygens (including phenoxy) is 2. The summed E-state index contributed by atoms with van der Waals surface area (Å²) in [6.45, 7) is 3.84. The summed E-state index contributed by atoms with van der Waals surface area (Å²) in [5, 5.41) is 5.34. The van der Waals surface area contributed by atoms with Crippen molar-refractivity contribution in [1.29, 1.82) is 0 Å². The summed E-state index contributed by atoms with van der Waals surface area (Å²) < 4.78 is 54.2. The normalized spacial score (nSPS) is 27.3. The molecule has 8 aliphatic rings. The summed E-state index contributed by atoms with van der Waals surface area (Å²) in [5.74, 6) is 1.04. The van der Waals surface area contributed by atoms with E-state index in [2.05, 4.69) is 38.3 Å². The van der Waals surface area contributed by atoms with E-state index in [0.29, 0.717) is 88.4 Å². The molecule has 2 atom stereocenters. The van der Waals surface area contributed by atoms with Crippen molar-refractivity contribution in [3.8, 4) is 0 Å². The molecule has 0 radical (unpaired) electrons. The highest BCUT2D eigenvalue weighted by atomic mass is 19.4. The van der Waals surface area contributed by atoms with Crippen LogP contribution in [0.25, 0.3) is 0 Å². The molecule has 2 aromatic heterocycles. The number of hydrogen-bond donors (Lipinski definition) is 1. The average Bonchev–Trinajstić information content (AvgIpc) is 4.19. The van der Waals surface area contributed by atoms with Crippen molar-refractivity contribution in [2.45, 2.75) is 126 Å². The first-order chi connectivity index (χ1) is 34.0. The van der Waals surface area contributed by atoms with Crippen LogP contribution >= 0.6 is 0 Å². The lowest BCUT2D eigenvalue weighted by Crippen LogP contribution is -2.56. The first-order valence-corrected chi connectivity index (χ1v) is 25.5. The molecule has 2 bridgehead atoms. The Morgan fingerprint density at radius 2 is 1.29 bits per heavy atom. The van der Waals surface area contributed by atoms with Crippen molar-refractivity contribution >= 4 is 57.6 Å². The second-order valence-corrected chi connectivity index (χ2v) is 20.8. The molecule has 3 saturated heterocycles. The topological polar surface area (TPSA) is 119 Å². The number of morpholine rings is 1. The molecule has 17 heteroatoms. The third-order valence-corrected chi connectivity index (χ3v) is 16.7. The van der Waals surface area contributed by atoms with Gasteiger partial charge >= 0.3 is 6.18 Å². The van der Waals surface area contributed by atoms with Crippen LogP contribution < -0.4 is 30.0 Å². The van der Waals surface area contributed by atoms with Crippen molar-refractivity contribution in [3.63, 3.8) is 0 Å². The maximum Gasteiger partial charge on any atom is 0.406 e. The van der Waals surface area contributed by atoms with E-state index in [0.717, 1.165) is 78.5 Å². The number of pyridine rings is 2. The highest BCUT2D eigenvalue weighted by Gasteiger charge is 2.66. The van der Waals surface area contributed by atoms with Gasteiger partial charge in [0.25, 0.3) is 0 Å². The highest BCUT2D eigenvalue weighted by molar-refractivity contribution is 6.01. The number of anilines is 8. The van der Waals surface area contributed by atoms with E-state index in [9.17, 15) is 22.8 Å². The first-order valence-electron chi connectivity index (χ1n) is 25.5. The molecule has 14 nitrogen and oxygen atoms in total. The van der Waals surface area contributed by atoms with Crippen LogP contribution in [0.15, 0.2) is 73.1 Å². The van der Waals surface area contributed by atoms with E-state index in [1.807, 2.05) is 52.3 Å². The van der Waals surface area contributed by atoms with Gasteiger partial charge < -0.3 is 34.4 Å². The minimum Gasteiger partial charge on any atom is -0.381 e. The van der Waals surface area contributed by atoms with Gasteiger partial charge in [0.2, 0.25) is 11.8 Å². The van der Waals surface area contributed by atoms with E-state index in [-0.39, 0.29) is 67.5 Å². The number of halogens is 3. The Bertz CT molecular complexity index is 2600. The van der Waals surface area contributed by atoms with E-state index in [1.165, 1.54) is 0 Å². The van der Waals surface area contributed by atoms with Crippen LogP contribution in [-0.4, -0.2) is 109 Å². The van der Waals surface area contributed by atoms with Gasteiger partial charge in [0, 0.05) is 93.1 Å². The Hall–Kier alpha value is -5.49.